The Morgan fingerprint density at radius 3 is 2.24 bits per heavy atom. The molecule has 3 N–H and O–H groups in total. The number of ether oxygens (including phenoxy) is 1. The predicted molar refractivity (Wildman–Crippen MR) is 169 cm³/mol. The maximum atomic E-state index is 7.29. The highest BCUT2D eigenvalue weighted by Crippen LogP contribution is 2.48. The lowest BCUT2D eigenvalue weighted by atomic mass is 9.77. The first kappa shape index (κ1) is 27.1. The summed E-state index contributed by atoms with van der Waals surface area (Å²) >= 11 is 0. The first-order valence-electron chi connectivity index (χ1n) is 14.1. The third kappa shape index (κ3) is 5.24. The first-order valence-corrected chi connectivity index (χ1v) is 15.4. The topological polar surface area (TPSA) is 86.0 Å². The lowest BCUT2D eigenvalue weighted by Crippen LogP contribution is -2.37. The maximum absolute atomic E-state index is 7.29. The molecule has 2 aromatic heterocycles. The van der Waals surface area contributed by atoms with Gasteiger partial charge in [0.2, 0.25) is 0 Å². The molecule has 7 heteroatoms. The fourth-order valence-electron chi connectivity index (χ4n) is 5.62. The van der Waals surface area contributed by atoms with Gasteiger partial charge in [-0.25, -0.2) is 9.97 Å². The zero-order valence-corrected chi connectivity index (χ0v) is 25.3. The molecular formula is C34H36N4O2Si. The number of nitrogens with zero attached hydrogens (tertiary/aromatic N) is 2. The highest BCUT2D eigenvalue weighted by Gasteiger charge is 2.42. The van der Waals surface area contributed by atoms with E-state index in [2.05, 4.69) is 97.5 Å². The van der Waals surface area contributed by atoms with Gasteiger partial charge in [-0.05, 0) is 40.3 Å². The predicted octanol–water partition coefficient (Wildman–Crippen LogP) is 6.62. The lowest BCUT2D eigenvalue weighted by molar-refractivity contribution is 0.158. The van der Waals surface area contributed by atoms with Crippen LogP contribution in [0, 0.1) is 0 Å². The van der Waals surface area contributed by atoms with Gasteiger partial charge < -0.3 is 19.9 Å². The summed E-state index contributed by atoms with van der Waals surface area (Å²) in [4.78, 5) is 13.0. The number of hydrogen-bond donors (Lipinski definition) is 2. The normalized spacial score (nSPS) is 14.6. The maximum Gasteiger partial charge on any atom is 0.169 e. The minimum atomic E-state index is -1.06. The number of nitrogen functional groups attached to an aromatic ring is 1. The quantitative estimate of drug-likeness (QED) is 0.133. The molecule has 0 saturated carbocycles. The Morgan fingerprint density at radius 2 is 1.61 bits per heavy atom. The molecule has 1 aliphatic rings. The highest BCUT2D eigenvalue weighted by atomic mass is 28.2. The fraction of sp³-hybridized carbons (Fsp3) is 0.235. The fourth-order valence-corrected chi connectivity index (χ4v) is 6.75. The summed E-state index contributed by atoms with van der Waals surface area (Å²) in [6.07, 6.45) is 4.62. The second-order valence-electron chi connectivity index (χ2n) is 11.8. The van der Waals surface area contributed by atoms with Gasteiger partial charge in [0.25, 0.3) is 0 Å². The van der Waals surface area contributed by atoms with Gasteiger partial charge in [0.15, 0.2) is 9.76 Å². The van der Waals surface area contributed by atoms with E-state index in [0.29, 0.717) is 18.9 Å². The summed E-state index contributed by atoms with van der Waals surface area (Å²) in [6.45, 7) is 8.07. The van der Waals surface area contributed by atoms with Crippen molar-refractivity contribution in [2.24, 2.45) is 0 Å². The van der Waals surface area contributed by atoms with Crippen LogP contribution in [0.3, 0.4) is 0 Å². The van der Waals surface area contributed by atoms with Crippen molar-refractivity contribution in [1.82, 2.24) is 15.0 Å². The summed E-state index contributed by atoms with van der Waals surface area (Å²) in [5, 5.41) is 0.998. The molecule has 0 fully saturated rings. The number of anilines is 1. The molecule has 0 radical (unpaired) electrons. The van der Waals surface area contributed by atoms with Crippen LogP contribution in [-0.2, 0) is 14.8 Å². The van der Waals surface area contributed by atoms with E-state index < -0.39 is 15.4 Å². The van der Waals surface area contributed by atoms with E-state index in [1.54, 1.807) is 6.33 Å². The van der Waals surface area contributed by atoms with Crippen LogP contribution in [0.1, 0.15) is 49.6 Å². The van der Waals surface area contributed by atoms with Gasteiger partial charge in [0, 0.05) is 27.9 Å². The van der Waals surface area contributed by atoms with Crippen molar-refractivity contribution in [3.8, 4) is 11.3 Å². The van der Waals surface area contributed by atoms with E-state index in [4.69, 9.17) is 19.9 Å². The van der Waals surface area contributed by atoms with Crippen LogP contribution in [0.4, 0.5) is 5.69 Å². The summed E-state index contributed by atoms with van der Waals surface area (Å²) in [5.74, 6) is 0. The molecule has 41 heavy (non-hydrogen) atoms. The number of benzene rings is 3. The van der Waals surface area contributed by atoms with Crippen LogP contribution in [0.15, 0.2) is 97.3 Å². The minimum absolute atomic E-state index is 0.0493. The molecule has 0 aliphatic carbocycles. The van der Waals surface area contributed by atoms with Gasteiger partial charge in [-0.1, -0.05) is 99.6 Å². The Bertz CT molecular complexity index is 1650. The zero-order chi connectivity index (χ0) is 28.5. The standard InChI is InChI=1S/C34H36N4O2Si/c1-33(2,3)41-40-34(24-11-6-4-7-12-24,25-13-8-5-9-14-25)30-26(15-10-16-28(30)35)31-27-21-29(23-17-19-39-20-18-23)38-32(27)37-22-36-31/h4-17,21-22H,18-20,35,41H2,1-3H3,(H,36,37,38). The number of aromatic amines is 1. The number of rotatable bonds is 7. The number of nitrogens with two attached hydrogens (primary N) is 1. The van der Waals surface area contributed by atoms with Gasteiger partial charge in [-0.3, -0.25) is 0 Å². The zero-order valence-electron chi connectivity index (χ0n) is 23.9. The smallest absolute Gasteiger partial charge is 0.169 e. The molecular weight excluding hydrogens is 524 g/mol. The van der Waals surface area contributed by atoms with Gasteiger partial charge in [0.1, 0.15) is 17.6 Å². The van der Waals surface area contributed by atoms with Gasteiger partial charge >= 0.3 is 0 Å². The third-order valence-corrected chi connectivity index (χ3v) is 8.96. The molecule has 0 atom stereocenters. The van der Waals surface area contributed by atoms with Crippen LogP contribution in [0.5, 0.6) is 0 Å². The molecule has 1 aliphatic heterocycles. The van der Waals surface area contributed by atoms with E-state index in [0.717, 1.165) is 51.1 Å². The van der Waals surface area contributed by atoms with Gasteiger partial charge in [0.05, 0.1) is 18.9 Å². The van der Waals surface area contributed by atoms with Crippen LogP contribution < -0.4 is 5.73 Å². The Kier molecular flexibility index (Phi) is 7.34. The van der Waals surface area contributed by atoms with Gasteiger partial charge in [-0.15, -0.1) is 0 Å². The molecule has 0 spiro atoms. The van der Waals surface area contributed by atoms with Crippen LogP contribution >= 0.6 is 0 Å². The minimum Gasteiger partial charge on any atom is -0.406 e. The molecule has 0 bridgehead atoms. The molecule has 5 aromatic rings. The molecule has 0 amide bonds. The summed E-state index contributed by atoms with van der Waals surface area (Å²) < 4.78 is 12.8. The number of hydrogen-bond acceptors (Lipinski definition) is 5. The van der Waals surface area contributed by atoms with E-state index in [-0.39, 0.29) is 5.04 Å². The van der Waals surface area contributed by atoms with Crippen LogP contribution in [-0.4, -0.2) is 37.9 Å². The Morgan fingerprint density at radius 1 is 0.902 bits per heavy atom. The second kappa shape index (κ2) is 11.1. The third-order valence-electron chi connectivity index (χ3n) is 7.52. The number of nitrogens with one attached hydrogen (secondary N) is 1. The number of fused-ring (bicyclic) bond motifs is 1. The summed E-state index contributed by atoms with van der Waals surface area (Å²) in [6, 6.07) is 29.1. The van der Waals surface area contributed by atoms with Crippen molar-refractivity contribution in [3.05, 3.63) is 120 Å². The average molecular weight is 561 g/mol. The second-order valence-corrected chi connectivity index (χ2v) is 14.5. The molecule has 6 nitrogen and oxygen atoms in total. The van der Waals surface area contributed by atoms with E-state index in [1.165, 1.54) is 5.57 Å². The number of H-pyrrole nitrogens is 1. The summed E-state index contributed by atoms with van der Waals surface area (Å²) in [5.41, 5.74) is 14.5. The average Bonchev–Trinajstić information content (AvgIpc) is 3.44. The molecule has 208 valence electrons. The molecule has 6 rings (SSSR count). The van der Waals surface area contributed by atoms with Crippen molar-refractivity contribution >= 4 is 32.1 Å². The highest BCUT2D eigenvalue weighted by molar-refractivity contribution is 6.32. The molecule has 3 aromatic carbocycles. The van der Waals surface area contributed by atoms with Crippen molar-refractivity contribution in [3.63, 3.8) is 0 Å². The van der Waals surface area contributed by atoms with E-state index in [1.807, 2.05) is 24.3 Å². The van der Waals surface area contributed by atoms with Crippen LogP contribution in [0.25, 0.3) is 27.9 Å². The van der Waals surface area contributed by atoms with Crippen molar-refractivity contribution in [1.29, 1.82) is 0 Å². The first-order chi connectivity index (χ1) is 19.9. The largest absolute Gasteiger partial charge is 0.406 e. The monoisotopic (exact) mass is 560 g/mol. The lowest BCUT2D eigenvalue weighted by Gasteiger charge is -2.40. The SMILES string of the molecule is CC(C)(C)[SiH2]OC(c1ccccc1)(c1ccccc1)c1c(N)cccc1-c1ncnc2[nH]c(C3=CCOCC3)cc12. The van der Waals surface area contributed by atoms with Gasteiger partial charge in [-0.2, -0.15) is 0 Å². The van der Waals surface area contributed by atoms with Crippen molar-refractivity contribution in [2.75, 3.05) is 18.9 Å². The Balaban J connectivity index is 1.65. The number of aromatic nitrogens is 3. The van der Waals surface area contributed by atoms with E-state index >= 15 is 0 Å². The Hall–Kier alpha value is -4.04. The molecule has 3 heterocycles. The molecule has 0 saturated heterocycles. The summed E-state index contributed by atoms with van der Waals surface area (Å²) in [7, 11) is -1.06. The van der Waals surface area contributed by atoms with Crippen molar-refractivity contribution < 1.29 is 9.16 Å². The van der Waals surface area contributed by atoms with Crippen molar-refractivity contribution in [2.45, 2.75) is 37.8 Å². The van der Waals surface area contributed by atoms with E-state index in [9.17, 15) is 0 Å². The van der Waals surface area contributed by atoms with Crippen LogP contribution in [0.2, 0.25) is 5.04 Å². The molecule has 0 unspecified atom stereocenters. The Labute approximate surface area is 243 Å².